The first-order chi connectivity index (χ1) is 7.86. The number of hydrogen-bond acceptors (Lipinski definition) is 1. The van der Waals surface area contributed by atoms with Gasteiger partial charge in [0.2, 0.25) is 0 Å². The van der Waals surface area contributed by atoms with Crippen molar-refractivity contribution >= 4 is 0 Å². The second-order valence-corrected chi connectivity index (χ2v) is 4.03. The van der Waals surface area contributed by atoms with Crippen LogP contribution in [-0.2, 0) is 6.42 Å². The third-order valence-corrected chi connectivity index (χ3v) is 2.56. The second kappa shape index (κ2) is 7.98. The van der Waals surface area contributed by atoms with E-state index in [-0.39, 0.29) is 0 Å². The van der Waals surface area contributed by atoms with E-state index < -0.39 is 0 Å². The number of unbranched alkanes of at least 4 members (excludes halogenated alkanes) is 2. The number of benzene rings is 1. The molecule has 0 aromatic heterocycles. The molecule has 0 aliphatic carbocycles. The minimum Gasteiger partial charge on any atom is -0.494 e. The molecule has 88 valence electrons. The van der Waals surface area contributed by atoms with Crippen LogP contribution in [-0.4, -0.2) is 6.61 Å². The molecule has 0 saturated carbocycles. The highest BCUT2D eigenvalue weighted by Crippen LogP contribution is 2.14. The molecule has 1 rings (SSSR count). The first-order valence-corrected chi connectivity index (χ1v) is 6.19. The fourth-order valence-corrected chi connectivity index (χ4v) is 1.54. The molecule has 0 unspecified atom stereocenters. The zero-order valence-corrected chi connectivity index (χ0v) is 10.2. The van der Waals surface area contributed by atoms with E-state index >= 15 is 0 Å². The van der Waals surface area contributed by atoms with Gasteiger partial charge in [-0.1, -0.05) is 31.6 Å². The van der Waals surface area contributed by atoms with Gasteiger partial charge < -0.3 is 4.74 Å². The van der Waals surface area contributed by atoms with E-state index in [1.165, 1.54) is 18.4 Å². The van der Waals surface area contributed by atoms with Gasteiger partial charge in [-0.2, -0.15) is 0 Å². The van der Waals surface area contributed by atoms with Crippen LogP contribution in [0.1, 0.15) is 38.2 Å². The average molecular weight is 218 g/mol. The van der Waals surface area contributed by atoms with Crippen LogP contribution < -0.4 is 4.74 Å². The Balaban J connectivity index is 2.32. The summed E-state index contributed by atoms with van der Waals surface area (Å²) in [5, 5.41) is 0. The third-order valence-electron chi connectivity index (χ3n) is 2.56. The Bertz CT molecular complexity index is 287. The van der Waals surface area contributed by atoms with Crippen molar-refractivity contribution in [3.8, 4) is 5.75 Å². The quantitative estimate of drug-likeness (QED) is 0.465. The second-order valence-electron chi connectivity index (χ2n) is 4.03. The van der Waals surface area contributed by atoms with E-state index in [0.717, 1.165) is 31.6 Å². The third kappa shape index (κ3) is 5.01. The smallest absolute Gasteiger partial charge is 0.119 e. The molecular formula is C15H22O. The minimum absolute atomic E-state index is 0.826. The summed E-state index contributed by atoms with van der Waals surface area (Å²) in [5.41, 5.74) is 1.38. The van der Waals surface area contributed by atoms with Crippen molar-refractivity contribution in [3.63, 3.8) is 0 Å². The predicted molar refractivity (Wildman–Crippen MR) is 70.0 cm³/mol. The zero-order valence-electron chi connectivity index (χ0n) is 10.2. The number of ether oxygens (including phenoxy) is 1. The fraction of sp³-hybridized carbons (Fsp3) is 0.467. The van der Waals surface area contributed by atoms with Crippen LogP contribution in [0.25, 0.3) is 0 Å². The highest BCUT2D eigenvalue weighted by molar-refractivity contribution is 5.27. The van der Waals surface area contributed by atoms with Crippen LogP contribution in [0.4, 0.5) is 0 Å². The molecule has 0 bridgehead atoms. The molecule has 0 N–H and O–H groups in total. The molecule has 0 fully saturated rings. The minimum atomic E-state index is 0.826. The lowest BCUT2D eigenvalue weighted by molar-refractivity contribution is 0.309. The van der Waals surface area contributed by atoms with Gasteiger partial charge in [-0.25, -0.2) is 0 Å². The lowest BCUT2D eigenvalue weighted by Crippen LogP contribution is -1.96. The molecule has 0 spiro atoms. The van der Waals surface area contributed by atoms with Crippen LogP contribution in [0.3, 0.4) is 0 Å². The maximum absolute atomic E-state index is 5.61. The van der Waals surface area contributed by atoms with Crippen LogP contribution in [0.5, 0.6) is 5.75 Å². The number of aryl methyl sites for hydroxylation is 1. The highest BCUT2D eigenvalue weighted by atomic mass is 16.5. The van der Waals surface area contributed by atoms with Crippen LogP contribution in [0.2, 0.25) is 0 Å². The standard InChI is InChI=1S/C15H22O/c1-3-5-7-8-14-9-11-15(12-10-14)16-13-6-4-2/h3,9-12H,1,4-8,13H2,2H3. The van der Waals surface area contributed by atoms with Gasteiger partial charge in [0, 0.05) is 0 Å². The van der Waals surface area contributed by atoms with Gasteiger partial charge in [0.05, 0.1) is 6.61 Å². The van der Waals surface area contributed by atoms with Gasteiger partial charge in [-0.05, 0) is 43.4 Å². The van der Waals surface area contributed by atoms with E-state index in [0.29, 0.717) is 0 Å². The monoisotopic (exact) mass is 218 g/mol. The molecule has 1 heteroatoms. The van der Waals surface area contributed by atoms with E-state index in [4.69, 9.17) is 4.74 Å². The molecule has 0 radical (unpaired) electrons. The van der Waals surface area contributed by atoms with Gasteiger partial charge >= 0.3 is 0 Å². The van der Waals surface area contributed by atoms with Crippen molar-refractivity contribution in [3.05, 3.63) is 42.5 Å². The average Bonchev–Trinajstić information content (AvgIpc) is 2.32. The van der Waals surface area contributed by atoms with E-state index in [1.807, 2.05) is 6.08 Å². The highest BCUT2D eigenvalue weighted by Gasteiger charge is 1.95. The van der Waals surface area contributed by atoms with E-state index in [2.05, 4.69) is 37.8 Å². The summed E-state index contributed by atoms with van der Waals surface area (Å²) in [6.07, 6.45) is 7.68. The Labute approximate surface area is 99.1 Å². The Morgan fingerprint density at radius 2 is 1.94 bits per heavy atom. The van der Waals surface area contributed by atoms with Gasteiger partial charge in [0.15, 0.2) is 0 Å². The van der Waals surface area contributed by atoms with Crippen LogP contribution >= 0.6 is 0 Å². The summed E-state index contributed by atoms with van der Waals surface area (Å²) in [7, 11) is 0. The Hall–Kier alpha value is -1.24. The first-order valence-electron chi connectivity index (χ1n) is 6.19. The molecule has 0 aliphatic heterocycles. The molecule has 0 aliphatic rings. The van der Waals surface area contributed by atoms with Gasteiger partial charge in [-0.15, -0.1) is 6.58 Å². The maximum Gasteiger partial charge on any atom is 0.119 e. The van der Waals surface area contributed by atoms with Crippen molar-refractivity contribution in [1.82, 2.24) is 0 Å². The normalized spacial score (nSPS) is 10.1. The first kappa shape index (κ1) is 12.8. The maximum atomic E-state index is 5.61. The number of allylic oxidation sites excluding steroid dienone is 1. The van der Waals surface area contributed by atoms with Crippen molar-refractivity contribution in [1.29, 1.82) is 0 Å². The number of rotatable bonds is 8. The molecule has 0 saturated heterocycles. The molecule has 0 heterocycles. The van der Waals surface area contributed by atoms with E-state index in [9.17, 15) is 0 Å². The zero-order chi connectivity index (χ0) is 11.6. The largest absolute Gasteiger partial charge is 0.494 e. The summed E-state index contributed by atoms with van der Waals surface area (Å²) < 4.78 is 5.61. The molecule has 0 atom stereocenters. The fourth-order valence-electron chi connectivity index (χ4n) is 1.54. The molecule has 1 aromatic carbocycles. The van der Waals surface area contributed by atoms with E-state index in [1.54, 1.807) is 0 Å². The molecule has 1 aromatic rings. The number of hydrogen-bond donors (Lipinski definition) is 0. The SMILES string of the molecule is C=CCCCc1ccc(OCCCC)cc1. The van der Waals surface area contributed by atoms with Crippen LogP contribution in [0, 0.1) is 0 Å². The van der Waals surface area contributed by atoms with Crippen molar-refractivity contribution < 1.29 is 4.74 Å². The van der Waals surface area contributed by atoms with Crippen molar-refractivity contribution in [2.24, 2.45) is 0 Å². The lowest BCUT2D eigenvalue weighted by Gasteiger charge is -2.06. The summed E-state index contributed by atoms with van der Waals surface area (Å²) in [4.78, 5) is 0. The Morgan fingerprint density at radius 1 is 1.19 bits per heavy atom. The molecular weight excluding hydrogens is 196 g/mol. The summed E-state index contributed by atoms with van der Waals surface area (Å²) >= 11 is 0. The van der Waals surface area contributed by atoms with Gasteiger partial charge in [-0.3, -0.25) is 0 Å². The molecule has 0 amide bonds. The predicted octanol–water partition coefficient (Wildman–Crippen LogP) is 4.37. The van der Waals surface area contributed by atoms with Crippen molar-refractivity contribution in [2.45, 2.75) is 39.0 Å². The van der Waals surface area contributed by atoms with Gasteiger partial charge in [0.25, 0.3) is 0 Å². The van der Waals surface area contributed by atoms with Crippen molar-refractivity contribution in [2.75, 3.05) is 6.61 Å². The summed E-state index contributed by atoms with van der Waals surface area (Å²) in [5.74, 6) is 0.987. The topological polar surface area (TPSA) is 9.23 Å². The molecule has 16 heavy (non-hydrogen) atoms. The van der Waals surface area contributed by atoms with Gasteiger partial charge in [0.1, 0.15) is 5.75 Å². The Morgan fingerprint density at radius 3 is 2.56 bits per heavy atom. The Kier molecular flexibility index (Phi) is 6.39. The lowest BCUT2D eigenvalue weighted by atomic mass is 10.1. The molecule has 1 nitrogen and oxygen atoms in total. The van der Waals surface area contributed by atoms with Crippen LogP contribution in [0.15, 0.2) is 36.9 Å². The summed E-state index contributed by atoms with van der Waals surface area (Å²) in [6, 6.07) is 8.45. The summed E-state index contributed by atoms with van der Waals surface area (Å²) in [6.45, 7) is 6.73.